The molecule has 1 aromatic rings. The summed E-state index contributed by atoms with van der Waals surface area (Å²) in [7, 11) is 0. The number of likely N-dealkylation sites (tertiary alicyclic amines) is 1. The number of carbonyl (C=O) groups is 1. The Morgan fingerprint density at radius 1 is 1.19 bits per heavy atom. The van der Waals surface area contributed by atoms with Gasteiger partial charge in [0.15, 0.2) is 0 Å². The molecule has 116 valence electrons. The van der Waals surface area contributed by atoms with Crippen LogP contribution in [0.5, 0.6) is 0 Å². The zero-order valence-corrected chi connectivity index (χ0v) is 13.4. The lowest BCUT2D eigenvalue weighted by Gasteiger charge is -2.15. The standard InChI is InChI=1S/C18H28N2O/c1-3-6-15(2)18(21)19-13-16-7-9-17(10-8-16)14-20-11-4-5-12-20/h7-10,15H,3-6,11-14H2,1-2H3,(H,19,21). The van der Waals surface area contributed by atoms with Gasteiger partial charge < -0.3 is 5.32 Å². The van der Waals surface area contributed by atoms with Gasteiger partial charge in [0.05, 0.1) is 0 Å². The Labute approximate surface area is 128 Å². The van der Waals surface area contributed by atoms with Crippen LogP contribution in [0, 0.1) is 5.92 Å². The Morgan fingerprint density at radius 3 is 2.43 bits per heavy atom. The third-order valence-electron chi connectivity index (χ3n) is 4.26. The Hall–Kier alpha value is -1.35. The van der Waals surface area contributed by atoms with Crippen molar-refractivity contribution in [2.24, 2.45) is 5.92 Å². The number of nitrogens with zero attached hydrogens (tertiary/aromatic N) is 1. The second-order valence-corrected chi connectivity index (χ2v) is 6.21. The van der Waals surface area contributed by atoms with Crippen molar-refractivity contribution in [2.75, 3.05) is 13.1 Å². The molecule has 3 nitrogen and oxygen atoms in total. The number of benzene rings is 1. The molecule has 0 bridgehead atoms. The van der Waals surface area contributed by atoms with Gasteiger partial charge in [0, 0.05) is 19.0 Å². The number of amides is 1. The first-order valence-electron chi connectivity index (χ1n) is 8.27. The summed E-state index contributed by atoms with van der Waals surface area (Å²) in [6, 6.07) is 8.65. The Bertz CT molecular complexity index is 435. The van der Waals surface area contributed by atoms with E-state index in [4.69, 9.17) is 0 Å². The van der Waals surface area contributed by atoms with E-state index >= 15 is 0 Å². The molecule has 0 aromatic heterocycles. The minimum absolute atomic E-state index is 0.115. The molecule has 1 amide bonds. The van der Waals surface area contributed by atoms with Crippen molar-refractivity contribution in [3.05, 3.63) is 35.4 Å². The molecule has 3 heteroatoms. The first kappa shape index (κ1) is 16.0. The molecule has 1 aromatic carbocycles. The smallest absolute Gasteiger partial charge is 0.223 e. The number of rotatable bonds is 7. The van der Waals surface area contributed by atoms with Gasteiger partial charge in [-0.2, -0.15) is 0 Å². The number of hydrogen-bond acceptors (Lipinski definition) is 2. The molecule has 1 saturated heterocycles. The predicted molar refractivity (Wildman–Crippen MR) is 86.9 cm³/mol. The van der Waals surface area contributed by atoms with E-state index in [1.54, 1.807) is 0 Å². The molecule has 21 heavy (non-hydrogen) atoms. The molecule has 0 aliphatic carbocycles. The van der Waals surface area contributed by atoms with Crippen molar-refractivity contribution in [2.45, 2.75) is 52.6 Å². The van der Waals surface area contributed by atoms with Crippen LogP contribution in [0.1, 0.15) is 50.7 Å². The molecule has 1 N–H and O–H groups in total. The molecule has 1 heterocycles. The van der Waals surface area contributed by atoms with Crippen LogP contribution >= 0.6 is 0 Å². The summed E-state index contributed by atoms with van der Waals surface area (Å²) in [6.07, 6.45) is 4.68. The monoisotopic (exact) mass is 288 g/mol. The van der Waals surface area contributed by atoms with Gasteiger partial charge in [-0.1, -0.05) is 44.5 Å². The van der Waals surface area contributed by atoms with Gasteiger partial charge >= 0.3 is 0 Å². The summed E-state index contributed by atoms with van der Waals surface area (Å²) in [5.74, 6) is 0.280. The van der Waals surface area contributed by atoms with E-state index in [0.717, 1.165) is 19.4 Å². The maximum absolute atomic E-state index is 11.9. The van der Waals surface area contributed by atoms with Gasteiger partial charge in [-0.25, -0.2) is 0 Å². The van der Waals surface area contributed by atoms with Crippen LogP contribution in [0.25, 0.3) is 0 Å². The van der Waals surface area contributed by atoms with E-state index in [0.29, 0.717) is 6.54 Å². The van der Waals surface area contributed by atoms with E-state index in [9.17, 15) is 4.79 Å². The van der Waals surface area contributed by atoms with Crippen molar-refractivity contribution >= 4 is 5.91 Å². The van der Waals surface area contributed by atoms with Crippen molar-refractivity contribution < 1.29 is 4.79 Å². The quantitative estimate of drug-likeness (QED) is 0.834. The first-order chi connectivity index (χ1) is 10.2. The third kappa shape index (κ3) is 5.16. The predicted octanol–water partition coefficient (Wildman–Crippen LogP) is 3.33. The highest BCUT2D eigenvalue weighted by Gasteiger charge is 2.12. The van der Waals surface area contributed by atoms with Crippen molar-refractivity contribution in [1.82, 2.24) is 10.2 Å². The second kappa shape index (κ2) is 8.18. The summed E-state index contributed by atoms with van der Waals surface area (Å²) >= 11 is 0. The van der Waals surface area contributed by atoms with Gasteiger partial charge in [0.1, 0.15) is 0 Å². The lowest BCUT2D eigenvalue weighted by molar-refractivity contribution is -0.124. The maximum Gasteiger partial charge on any atom is 0.223 e. The number of carbonyl (C=O) groups excluding carboxylic acids is 1. The SMILES string of the molecule is CCCC(C)C(=O)NCc1ccc(CN2CCCC2)cc1. The summed E-state index contributed by atoms with van der Waals surface area (Å²) in [6.45, 7) is 8.26. The molecule has 0 radical (unpaired) electrons. The largest absolute Gasteiger partial charge is 0.352 e. The Balaban J connectivity index is 1.77. The van der Waals surface area contributed by atoms with Crippen LogP contribution in [-0.2, 0) is 17.9 Å². The lowest BCUT2D eigenvalue weighted by atomic mass is 10.1. The summed E-state index contributed by atoms with van der Waals surface area (Å²) in [4.78, 5) is 14.4. The molecule has 2 rings (SSSR count). The van der Waals surface area contributed by atoms with E-state index in [1.165, 1.54) is 37.1 Å². The molecule has 0 saturated carbocycles. The zero-order chi connectivity index (χ0) is 15.1. The first-order valence-corrected chi connectivity index (χ1v) is 8.27. The van der Waals surface area contributed by atoms with Gasteiger partial charge in [0.25, 0.3) is 0 Å². The summed E-state index contributed by atoms with van der Waals surface area (Å²) in [5, 5.41) is 3.03. The minimum Gasteiger partial charge on any atom is -0.352 e. The molecule has 1 unspecified atom stereocenters. The van der Waals surface area contributed by atoms with Crippen LogP contribution < -0.4 is 5.32 Å². The molecule has 1 aliphatic heterocycles. The Morgan fingerprint density at radius 2 is 1.81 bits per heavy atom. The molecular weight excluding hydrogens is 260 g/mol. The molecule has 1 aliphatic rings. The van der Waals surface area contributed by atoms with Gasteiger partial charge in [0.2, 0.25) is 5.91 Å². The topological polar surface area (TPSA) is 32.3 Å². The highest BCUT2D eigenvalue weighted by molar-refractivity contribution is 5.78. The van der Waals surface area contributed by atoms with Gasteiger partial charge in [-0.3, -0.25) is 9.69 Å². The zero-order valence-electron chi connectivity index (χ0n) is 13.4. The van der Waals surface area contributed by atoms with Gasteiger partial charge in [-0.15, -0.1) is 0 Å². The van der Waals surface area contributed by atoms with Crippen LogP contribution in [0.3, 0.4) is 0 Å². The minimum atomic E-state index is 0.115. The van der Waals surface area contributed by atoms with Crippen molar-refractivity contribution in [1.29, 1.82) is 0 Å². The fraction of sp³-hybridized carbons (Fsp3) is 0.611. The lowest BCUT2D eigenvalue weighted by Crippen LogP contribution is -2.28. The van der Waals surface area contributed by atoms with Crippen molar-refractivity contribution in [3.8, 4) is 0 Å². The fourth-order valence-electron chi connectivity index (χ4n) is 2.89. The second-order valence-electron chi connectivity index (χ2n) is 6.21. The average molecular weight is 288 g/mol. The van der Waals surface area contributed by atoms with Crippen LogP contribution in [-0.4, -0.2) is 23.9 Å². The van der Waals surface area contributed by atoms with Gasteiger partial charge in [-0.05, 0) is 43.5 Å². The molecule has 1 fully saturated rings. The highest BCUT2D eigenvalue weighted by atomic mass is 16.1. The molecular formula is C18H28N2O. The average Bonchev–Trinajstić information content (AvgIpc) is 2.99. The van der Waals surface area contributed by atoms with Crippen LogP contribution in [0.2, 0.25) is 0 Å². The fourth-order valence-corrected chi connectivity index (χ4v) is 2.89. The van der Waals surface area contributed by atoms with Crippen molar-refractivity contribution in [3.63, 3.8) is 0 Å². The molecule has 0 spiro atoms. The third-order valence-corrected chi connectivity index (χ3v) is 4.26. The van der Waals surface area contributed by atoms with E-state index in [1.807, 2.05) is 6.92 Å². The maximum atomic E-state index is 11.9. The molecule has 1 atom stereocenters. The van der Waals surface area contributed by atoms with E-state index in [2.05, 4.69) is 41.4 Å². The van der Waals surface area contributed by atoms with E-state index in [-0.39, 0.29) is 11.8 Å². The Kier molecular flexibility index (Phi) is 6.24. The summed E-state index contributed by atoms with van der Waals surface area (Å²) in [5.41, 5.74) is 2.54. The van der Waals surface area contributed by atoms with E-state index < -0.39 is 0 Å². The van der Waals surface area contributed by atoms with Crippen LogP contribution in [0.15, 0.2) is 24.3 Å². The number of nitrogens with one attached hydrogen (secondary N) is 1. The number of hydrogen-bond donors (Lipinski definition) is 1. The van der Waals surface area contributed by atoms with Crippen LogP contribution in [0.4, 0.5) is 0 Å². The highest BCUT2D eigenvalue weighted by Crippen LogP contribution is 2.13. The normalized spacial score (nSPS) is 16.9. The summed E-state index contributed by atoms with van der Waals surface area (Å²) < 4.78 is 0.